The Bertz CT molecular complexity index is 988. The second-order valence-corrected chi connectivity index (χ2v) is 8.64. The van der Waals surface area contributed by atoms with Gasteiger partial charge in [-0.15, -0.1) is 17.5 Å². The monoisotopic (exact) mass is 484 g/mol. The Balaban J connectivity index is 2.06. The number of alkyl halides is 3. The maximum atomic E-state index is 12.8. The number of aliphatic carboxylic acids is 1. The van der Waals surface area contributed by atoms with E-state index >= 15 is 0 Å². The summed E-state index contributed by atoms with van der Waals surface area (Å²) < 4.78 is 38.4. The van der Waals surface area contributed by atoms with Gasteiger partial charge >= 0.3 is 12.1 Å². The number of carboxylic acid groups (broad SMARTS) is 1. The molecule has 1 unspecified atom stereocenters. The molecule has 2 rings (SSSR count). The zero-order valence-corrected chi connectivity index (χ0v) is 18.5. The number of hydrogen-bond donors (Lipinski definition) is 3. The van der Waals surface area contributed by atoms with E-state index < -0.39 is 28.9 Å². The molecule has 11 heteroatoms. The van der Waals surface area contributed by atoms with E-state index in [-0.39, 0.29) is 24.6 Å². The Morgan fingerprint density at radius 3 is 2.73 bits per heavy atom. The number of carbonyl (C=O) groups is 3. The number of allylic oxidation sites excluding steroid dienone is 7. The Kier molecular flexibility index (Phi) is 9.33. The number of carboxylic acids is 1. The number of nitrogens with one attached hydrogen (secondary N) is 1. The first kappa shape index (κ1) is 26.2. The van der Waals surface area contributed by atoms with Crippen LogP contribution in [0.4, 0.5) is 13.2 Å². The average Bonchev–Trinajstić information content (AvgIpc) is 3.00. The van der Waals surface area contributed by atoms with E-state index in [4.69, 9.17) is 10.3 Å². The van der Waals surface area contributed by atoms with Crippen molar-refractivity contribution >= 4 is 29.5 Å². The molecule has 7 nitrogen and oxygen atoms in total. The third-order valence-corrected chi connectivity index (χ3v) is 6.07. The van der Waals surface area contributed by atoms with Crippen LogP contribution in [0.3, 0.4) is 0 Å². The van der Waals surface area contributed by atoms with Crippen LogP contribution < -0.4 is 5.48 Å². The van der Waals surface area contributed by atoms with Crippen LogP contribution in [0.2, 0.25) is 0 Å². The lowest BCUT2D eigenvalue weighted by Gasteiger charge is -2.33. The van der Waals surface area contributed by atoms with E-state index in [0.717, 1.165) is 6.08 Å². The van der Waals surface area contributed by atoms with Crippen molar-refractivity contribution < 1.29 is 37.9 Å². The normalized spacial score (nSPS) is 20.5. The van der Waals surface area contributed by atoms with E-state index in [2.05, 4.69) is 5.73 Å². The third-order valence-electron chi connectivity index (χ3n) is 4.78. The first-order chi connectivity index (χ1) is 15.5. The standard InChI is InChI=1S/C22H23F3N2O5S/c1-14(21(30)31)8-11-17-12-27(13-19(28)26-32)20(29)18(33-17)7-3-5-15-4-2-6-16(10-9-15)22(23,24)25/h2,4,8-11,18,32H,3,5,7,12-13H2,1H3,(H,26,28)(H,30,31)/b14-8+,17-11+. The molecule has 0 aromatic carbocycles. The van der Waals surface area contributed by atoms with Crippen LogP contribution in [-0.4, -0.2) is 57.5 Å². The average molecular weight is 484 g/mol. The van der Waals surface area contributed by atoms with Crippen LogP contribution in [-0.2, 0) is 14.4 Å². The summed E-state index contributed by atoms with van der Waals surface area (Å²) in [5, 5.41) is 17.2. The van der Waals surface area contributed by atoms with Gasteiger partial charge in [0.05, 0.1) is 17.4 Å². The minimum Gasteiger partial charge on any atom is -0.478 e. The third kappa shape index (κ3) is 8.12. The Labute approximate surface area is 192 Å². The van der Waals surface area contributed by atoms with E-state index in [1.165, 1.54) is 53.4 Å². The molecule has 1 aliphatic heterocycles. The van der Waals surface area contributed by atoms with Crippen LogP contribution in [0.25, 0.3) is 0 Å². The lowest BCUT2D eigenvalue weighted by Crippen LogP contribution is -2.47. The van der Waals surface area contributed by atoms with Crippen molar-refractivity contribution in [1.82, 2.24) is 10.4 Å². The summed E-state index contributed by atoms with van der Waals surface area (Å²) >= 11 is 1.25. The van der Waals surface area contributed by atoms with Crippen molar-refractivity contribution in [2.75, 3.05) is 13.1 Å². The summed E-state index contributed by atoms with van der Waals surface area (Å²) in [6.45, 7) is 1.14. The number of rotatable bonds is 8. The lowest BCUT2D eigenvalue weighted by atomic mass is 10.1. The summed E-state index contributed by atoms with van der Waals surface area (Å²) in [5.74, 6) is -2.16. The summed E-state index contributed by atoms with van der Waals surface area (Å²) in [6, 6.07) is 0. The van der Waals surface area contributed by atoms with E-state index in [9.17, 15) is 27.6 Å². The molecule has 2 amide bonds. The largest absolute Gasteiger partial charge is 0.478 e. The minimum absolute atomic E-state index is 0.0847. The van der Waals surface area contributed by atoms with Crippen LogP contribution >= 0.6 is 11.8 Å². The Hall–Kier alpha value is -3.01. The van der Waals surface area contributed by atoms with Gasteiger partial charge in [0, 0.05) is 10.5 Å². The number of amides is 2. The molecule has 1 saturated heterocycles. The summed E-state index contributed by atoms with van der Waals surface area (Å²) in [5.41, 5.74) is 3.55. The molecule has 1 atom stereocenters. The van der Waals surface area contributed by atoms with E-state index in [1.807, 2.05) is 0 Å². The molecule has 3 N–H and O–H groups in total. The molecule has 1 aliphatic carbocycles. The predicted molar refractivity (Wildman–Crippen MR) is 116 cm³/mol. The quantitative estimate of drug-likeness (QED) is 0.210. The van der Waals surface area contributed by atoms with Crippen LogP contribution in [0.5, 0.6) is 0 Å². The van der Waals surface area contributed by atoms with E-state index in [0.29, 0.717) is 29.7 Å². The van der Waals surface area contributed by atoms with Gasteiger partial charge in [0.15, 0.2) is 0 Å². The maximum Gasteiger partial charge on any atom is 0.423 e. The molecule has 1 heterocycles. The molecule has 0 saturated carbocycles. The van der Waals surface area contributed by atoms with Gasteiger partial charge in [0.2, 0.25) is 5.91 Å². The zero-order valence-electron chi connectivity index (χ0n) is 17.7. The smallest absolute Gasteiger partial charge is 0.423 e. The predicted octanol–water partition coefficient (Wildman–Crippen LogP) is 3.66. The molecule has 33 heavy (non-hydrogen) atoms. The van der Waals surface area contributed by atoms with Crippen molar-refractivity contribution in [2.45, 2.75) is 37.6 Å². The van der Waals surface area contributed by atoms with Gasteiger partial charge in [0.25, 0.3) is 5.91 Å². The van der Waals surface area contributed by atoms with Crippen molar-refractivity contribution in [3.05, 3.63) is 63.8 Å². The number of carbonyl (C=O) groups excluding carboxylic acids is 2. The molecule has 0 bridgehead atoms. The highest BCUT2D eigenvalue weighted by Gasteiger charge is 2.33. The number of hydroxylamine groups is 1. The van der Waals surface area contributed by atoms with Crippen molar-refractivity contribution in [1.29, 1.82) is 0 Å². The number of halogens is 3. The summed E-state index contributed by atoms with van der Waals surface area (Å²) in [7, 11) is 0. The van der Waals surface area contributed by atoms with Crippen LogP contribution in [0, 0.1) is 0 Å². The van der Waals surface area contributed by atoms with Crippen molar-refractivity contribution in [3.8, 4) is 0 Å². The highest BCUT2D eigenvalue weighted by atomic mass is 32.2. The first-order valence-electron chi connectivity index (χ1n) is 9.91. The van der Waals surface area contributed by atoms with Crippen molar-refractivity contribution in [3.63, 3.8) is 0 Å². The maximum absolute atomic E-state index is 12.8. The Morgan fingerprint density at radius 1 is 1.36 bits per heavy atom. The van der Waals surface area contributed by atoms with Gasteiger partial charge in [-0.2, -0.15) is 13.2 Å². The Morgan fingerprint density at radius 2 is 2.09 bits per heavy atom. The van der Waals surface area contributed by atoms with Gasteiger partial charge in [0.1, 0.15) is 6.54 Å². The summed E-state index contributed by atoms with van der Waals surface area (Å²) in [4.78, 5) is 37.3. The zero-order chi connectivity index (χ0) is 24.6. The van der Waals surface area contributed by atoms with Gasteiger partial charge in [-0.25, -0.2) is 10.3 Å². The van der Waals surface area contributed by atoms with Gasteiger partial charge < -0.3 is 10.0 Å². The molecule has 0 radical (unpaired) electrons. The van der Waals surface area contributed by atoms with Gasteiger partial charge in [-0.3, -0.25) is 14.8 Å². The number of nitrogens with zero attached hydrogens (tertiary/aromatic N) is 1. The topological polar surface area (TPSA) is 107 Å². The van der Waals surface area contributed by atoms with Crippen molar-refractivity contribution in [2.24, 2.45) is 0 Å². The van der Waals surface area contributed by atoms with Crippen LogP contribution in [0.1, 0.15) is 26.2 Å². The fourth-order valence-electron chi connectivity index (χ4n) is 3.01. The highest BCUT2D eigenvalue weighted by Crippen LogP contribution is 2.34. The van der Waals surface area contributed by atoms with E-state index in [1.54, 1.807) is 6.08 Å². The lowest BCUT2D eigenvalue weighted by molar-refractivity contribution is -0.138. The molecule has 0 aromatic heterocycles. The fourth-order valence-corrected chi connectivity index (χ4v) is 4.29. The molecule has 0 aromatic rings. The second kappa shape index (κ2) is 11.7. The molecule has 1 fully saturated rings. The first-order valence-corrected chi connectivity index (χ1v) is 10.8. The number of hydrogen-bond acceptors (Lipinski definition) is 5. The molecule has 2 aliphatic rings. The summed E-state index contributed by atoms with van der Waals surface area (Å²) in [6.07, 6.45) is 4.88. The molecule has 0 spiro atoms. The highest BCUT2D eigenvalue weighted by molar-refractivity contribution is 8.04. The SMILES string of the molecule is C/C(=C\C=C1/CN(CC(=O)NO)C(=O)C(CCCC2=CC=C=C(C(F)(F)F)C=C2)S1)C(=O)O. The fraction of sp³-hybridized carbons (Fsp3) is 0.364. The molecular weight excluding hydrogens is 461 g/mol. The molecule has 178 valence electrons. The second-order valence-electron chi connectivity index (χ2n) is 7.31. The van der Waals surface area contributed by atoms with Gasteiger partial charge in [-0.1, -0.05) is 24.3 Å². The van der Waals surface area contributed by atoms with Gasteiger partial charge in [-0.05, 0) is 43.9 Å². The molecular formula is C22H23F3N2O5S. The minimum atomic E-state index is -4.48. The number of thioether (sulfide) groups is 1. The van der Waals surface area contributed by atoms with Crippen LogP contribution in [0.15, 0.2) is 63.8 Å².